The Bertz CT molecular complexity index is 1400. The second-order valence-corrected chi connectivity index (χ2v) is 9.06. The third-order valence-corrected chi connectivity index (χ3v) is 6.69. The number of nitrogens with zero attached hydrogens (tertiary/aromatic N) is 4. The Hall–Kier alpha value is -2.55. The van der Waals surface area contributed by atoms with Crippen molar-refractivity contribution in [1.29, 1.82) is 0 Å². The quantitative estimate of drug-likeness (QED) is 0.253. The maximum atomic E-state index is 12.2. The second kappa shape index (κ2) is 7.70. The van der Waals surface area contributed by atoms with Gasteiger partial charge in [0, 0.05) is 38.8 Å². The smallest absolute Gasteiger partial charge is 0.258 e. The van der Waals surface area contributed by atoms with Crippen molar-refractivity contribution < 1.29 is 0 Å². The first-order chi connectivity index (χ1) is 14.2. The van der Waals surface area contributed by atoms with Crippen LogP contribution in [0, 0.1) is 0 Å². The summed E-state index contributed by atoms with van der Waals surface area (Å²) in [5, 5.41) is 3.73. The fraction of sp³-hybridized carbons (Fsp3) is 0.0476. The molecule has 0 spiro atoms. The van der Waals surface area contributed by atoms with Crippen LogP contribution in [0.2, 0.25) is 0 Å². The van der Waals surface area contributed by atoms with E-state index in [0.717, 1.165) is 31.7 Å². The number of aromatic nitrogens is 4. The molecule has 0 bridgehead atoms. The number of fused-ring (bicyclic) bond motifs is 2. The zero-order valence-electron chi connectivity index (χ0n) is 14.9. The molecular weight excluding hydrogens is 468 g/mol. The van der Waals surface area contributed by atoms with Crippen LogP contribution in [0.5, 0.6) is 0 Å². The Balaban J connectivity index is 1.54. The first-order valence-corrected chi connectivity index (χ1v) is 11.4. The average molecular weight is 481 g/mol. The molecule has 29 heavy (non-hydrogen) atoms. The summed E-state index contributed by atoms with van der Waals surface area (Å²) >= 11 is 6.49. The maximum Gasteiger partial charge on any atom is 0.258 e. The fourth-order valence-corrected chi connectivity index (χ4v) is 4.90. The minimum Gasteiger partial charge on any atom is -0.269 e. The lowest BCUT2D eigenvalue weighted by Gasteiger charge is -2.09. The molecule has 0 amide bonds. The van der Waals surface area contributed by atoms with Gasteiger partial charge in [-0.1, -0.05) is 58.0 Å². The molecule has 5 nitrogen and oxygen atoms in total. The molecule has 5 aromatic rings. The molecule has 5 rings (SSSR count). The van der Waals surface area contributed by atoms with E-state index in [1.165, 1.54) is 11.3 Å². The number of thiazole rings is 1. The van der Waals surface area contributed by atoms with Gasteiger partial charge in [0.25, 0.3) is 5.56 Å². The van der Waals surface area contributed by atoms with E-state index in [1.54, 1.807) is 28.4 Å². The normalized spacial score (nSPS) is 11.3. The molecule has 0 radical (unpaired) electrons. The SMILES string of the molecule is O=c1cc(CSc2nc(-c3ccc(Br)cc3)nc3ccccc23)nc2sccn12. The predicted octanol–water partition coefficient (Wildman–Crippen LogP) is 5.42. The summed E-state index contributed by atoms with van der Waals surface area (Å²) in [4.78, 5) is 27.1. The summed E-state index contributed by atoms with van der Waals surface area (Å²) in [6.45, 7) is 0. The standard InChI is InChI=1S/C21H13BrN4OS2/c22-14-7-5-13(6-8-14)19-24-17-4-2-1-3-16(17)20(25-19)29-12-15-11-18(27)26-9-10-28-21(26)23-15/h1-11H,12H2. The highest BCUT2D eigenvalue weighted by molar-refractivity contribution is 9.10. The highest BCUT2D eigenvalue weighted by Gasteiger charge is 2.11. The number of para-hydroxylation sites is 1. The highest BCUT2D eigenvalue weighted by Crippen LogP contribution is 2.30. The van der Waals surface area contributed by atoms with E-state index >= 15 is 0 Å². The Morgan fingerprint density at radius 1 is 1.03 bits per heavy atom. The maximum absolute atomic E-state index is 12.2. The van der Waals surface area contributed by atoms with Crippen LogP contribution < -0.4 is 5.56 Å². The van der Waals surface area contributed by atoms with Gasteiger partial charge in [-0.15, -0.1) is 11.3 Å². The van der Waals surface area contributed by atoms with E-state index in [4.69, 9.17) is 9.97 Å². The van der Waals surface area contributed by atoms with Gasteiger partial charge < -0.3 is 0 Å². The summed E-state index contributed by atoms with van der Waals surface area (Å²) in [5.41, 5.74) is 2.53. The van der Waals surface area contributed by atoms with Gasteiger partial charge in [-0.05, 0) is 18.2 Å². The molecule has 8 heteroatoms. The van der Waals surface area contributed by atoms with Gasteiger partial charge in [0.15, 0.2) is 10.8 Å². The van der Waals surface area contributed by atoms with E-state index in [1.807, 2.05) is 53.9 Å². The molecule has 142 valence electrons. The third-order valence-electron chi connectivity index (χ3n) is 4.38. The molecular formula is C21H13BrN4OS2. The van der Waals surface area contributed by atoms with Crippen LogP contribution >= 0.6 is 39.0 Å². The van der Waals surface area contributed by atoms with Gasteiger partial charge in [-0.25, -0.2) is 15.0 Å². The van der Waals surface area contributed by atoms with Crippen molar-refractivity contribution in [2.24, 2.45) is 0 Å². The molecule has 2 aromatic carbocycles. The molecule has 0 aliphatic rings. The number of rotatable bonds is 4. The van der Waals surface area contributed by atoms with Crippen LogP contribution in [0.1, 0.15) is 5.69 Å². The van der Waals surface area contributed by atoms with Gasteiger partial charge in [-0.2, -0.15) is 0 Å². The van der Waals surface area contributed by atoms with E-state index in [9.17, 15) is 4.79 Å². The molecule has 0 saturated carbocycles. The predicted molar refractivity (Wildman–Crippen MR) is 122 cm³/mol. The van der Waals surface area contributed by atoms with Crippen LogP contribution in [0.3, 0.4) is 0 Å². The molecule has 0 atom stereocenters. The monoisotopic (exact) mass is 480 g/mol. The Morgan fingerprint density at radius 3 is 2.72 bits per heavy atom. The van der Waals surface area contributed by atoms with Crippen molar-refractivity contribution in [2.75, 3.05) is 0 Å². The Morgan fingerprint density at radius 2 is 1.86 bits per heavy atom. The lowest BCUT2D eigenvalue weighted by molar-refractivity contribution is 1.04. The molecule has 0 unspecified atom stereocenters. The van der Waals surface area contributed by atoms with Crippen LogP contribution in [0.4, 0.5) is 0 Å². The number of thioether (sulfide) groups is 1. The van der Waals surface area contributed by atoms with E-state index in [-0.39, 0.29) is 5.56 Å². The van der Waals surface area contributed by atoms with Crippen LogP contribution in [0.15, 0.2) is 80.5 Å². The molecule has 3 aromatic heterocycles. The third kappa shape index (κ3) is 3.71. The Kier molecular flexibility index (Phi) is 4.91. The van der Waals surface area contributed by atoms with Crippen molar-refractivity contribution in [3.8, 4) is 11.4 Å². The number of hydrogen-bond acceptors (Lipinski definition) is 6. The zero-order chi connectivity index (χ0) is 19.8. The molecule has 0 aliphatic carbocycles. The number of halogens is 1. The Labute approximate surface area is 182 Å². The van der Waals surface area contributed by atoms with Crippen LogP contribution in [-0.2, 0) is 5.75 Å². The van der Waals surface area contributed by atoms with Crippen molar-refractivity contribution in [3.05, 3.63) is 86.7 Å². The summed E-state index contributed by atoms with van der Waals surface area (Å²) in [6.07, 6.45) is 1.74. The van der Waals surface area contributed by atoms with Gasteiger partial charge in [0.2, 0.25) is 0 Å². The van der Waals surface area contributed by atoms with Crippen molar-refractivity contribution >= 4 is 54.9 Å². The zero-order valence-corrected chi connectivity index (χ0v) is 18.2. The number of hydrogen-bond donors (Lipinski definition) is 0. The minimum atomic E-state index is -0.0602. The molecule has 0 fully saturated rings. The van der Waals surface area contributed by atoms with Gasteiger partial charge in [0.05, 0.1) is 11.2 Å². The molecule has 0 saturated heterocycles. The molecule has 3 heterocycles. The molecule has 0 N–H and O–H groups in total. The van der Waals surface area contributed by atoms with Gasteiger partial charge in [0.1, 0.15) is 5.03 Å². The minimum absolute atomic E-state index is 0.0602. The van der Waals surface area contributed by atoms with E-state index in [2.05, 4.69) is 20.9 Å². The van der Waals surface area contributed by atoms with Crippen LogP contribution in [0.25, 0.3) is 27.3 Å². The van der Waals surface area contributed by atoms with E-state index in [0.29, 0.717) is 16.5 Å². The second-order valence-electron chi connectivity index (χ2n) is 6.31. The summed E-state index contributed by atoms with van der Waals surface area (Å²) < 4.78 is 2.57. The largest absolute Gasteiger partial charge is 0.269 e. The van der Waals surface area contributed by atoms with Crippen LogP contribution in [-0.4, -0.2) is 19.4 Å². The topological polar surface area (TPSA) is 60.2 Å². The summed E-state index contributed by atoms with van der Waals surface area (Å²) in [7, 11) is 0. The summed E-state index contributed by atoms with van der Waals surface area (Å²) in [6, 6.07) is 17.5. The van der Waals surface area contributed by atoms with E-state index < -0.39 is 0 Å². The van der Waals surface area contributed by atoms with Crippen molar-refractivity contribution in [1.82, 2.24) is 19.4 Å². The van der Waals surface area contributed by atoms with Gasteiger partial charge >= 0.3 is 0 Å². The average Bonchev–Trinajstić information content (AvgIpc) is 3.22. The highest BCUT2D eigenvalue weighted by atomic mass is 79.9. The van der Waals surface area contributed by atoms with Gasteiger partial charge in [-0.3, -0.25) is 9.20 Å². The first-order valence-electron chi connectivity index (χ1n) is 8.79. The number of benzene rings is 2. The van der Waals surface area contributed by atoms with Crippen molar-refractivity contribution in [2.45, 2.75) is 10.8 Å². The lowest BCUT2D eigenvalue weighted by atomic mass is 10.2. The lowest BCUT2D eigenvalue weighted by Crippen LogP contribution is -2.12. The summed E-state index contributed by atoms with van der Waals surface area (Å²) in [5.74, 6) is 1.24. The fourth-order valence-electron chi connectivity index (χ4n) is 2.99. The molecule has 0 aliphatic heterocycles. The first kappa shape index (κ1) is 18.5. The van der Waals surface area contributed by atoms with Crippen molar-refractivity contribution in [3.63, 3.8) is 0 Å².